The fraction of sp³-hybridized carbons (Fsp3) is 1.00. The van der Waals surface area contributed by atoms with Gasteiger partial charge in [0, 0.05) is 26.7 Å². The van der Waals surface area contributed by atoms with Crippen molar-refractivity contribution >= 4 is 10.2 Å². The van der Waals surface area contributed by atoms with Gasteiger partial charge in [0.25, 0.3) is 10.2 Å². The summed E-state index contributed by atoms with van der Waals surface area (Å²) in [6.07, 6.45) is 0.920. The first-order valence-corrected chi connectivity index (χ1v) is 6.27. The van der Waals surface area contributed by atoms with E-state index in [1.165, 1.54) is 8.61 Å². The van der Waals surface area contributed by atoms with Crippen molar-refractivity contribution in [3.63, 3.8) is 0 Å². The second kappa shape index (κ2) is 4.57. The lowest BCUT2D eigenvalue weighted by Gasteiger charge is -2.31. The number of piperidine rings is 1. The second-order valence-electron chi connectivity index (χ2n) is 3.58. The Bertz CT molecular complexity index is 278. The number of β-amino-alcohol motifs (C(OH)–C–C–N with tert-alkyl or cyclic N) is 1. The van der Waals surface area contributed by atoms with Gasteiger partial charge in [0.1, 0.15) is 0 Å². The Morgan fingerprint density at radius 3 is 2.71 bits per heavy atom. The smallest absolute Gasteiger partial charge is 0.281 e. The summed E-state index contributed by atoms with van der Waals surface area (Å²) in [5.74, 6) is 0. The van der Waals surface area contributed by atoms with Crippen molar-refractivity contribution in [1.29, 1.82) is 0 Å². The van der Waals surface area contributed by atoms with E-state index in [2.05, 4.69) is 0 Å². The Balaban J connectivity index is 2.72. The largest absolute Gasteiger partial charge is 0.392 e. The van der Waals surface area contributed by atoms with Crippen molar-refractivity contribution in [3.8, 4) is 0 Å². The first-order chi connectivity index (χ1) is 6.48. The quantitative estimate of drug-likeness (QED) is 0.709. The van der Waals surface area contributed by atoms with Crippen molar-refractivity contribution in [2.45, 2.75) is 25.9 Å². The van der Waals surface area contributed by atoms with E-state index in [0.29, 0.717) is 19.5 Å². The minimum atomic E-state index is -3.34. The normalized spacial score (nSPS) is 25.6. The molecule has 0 aliphatic carbocycles. The van der Waals surface area contributed by atoms with Gasteiger partial charge in [-0.25, -0.2) is 0 Å². The Morgan fingerprint density at radius 1 is 1.57 bits per heavy atom. The van der Waals surface area contributed by atoms with Crippen LogP contribution in [0.5, 0.6) is 0 Å². The molecule has 84 valence electrons. The van der Waals surface area contributed by atoms with E-state index in [1.54, 1.807) is 14.0 Å². The van der Waals surface area contributed by atoms with Gasteiger partial charge in [-0.15, -0.1) is 0 Å². The minimum absolute atomic E-state index is 0.229. The van der Waals surface area contributed by atoms with Gasteiger partial charge in [-0.05, 0) is 12.8 Å². The van der Waals surface area contributed by atoms with Gasteiger partial charge in [-0.2, -0.15) is 17.0 Å². The topological polar surface area (TPSA) is 60.9 Å². The number of hydrogen-bond acceptors (Lipinski definition) is 3. The zero-order valence-corrected chi connectivity index (χ0v) is 9.50. The van der Waals surface area contributed by atoms with Crippen LogP contribution in [0.15, 0.2) is 0 Å². The van der Waals surface area contributed by atoms with Gasteiger partial charge in [-0.3, -0.25) is 0 Å². The molecule has 1 N–H and O–H groups in total. The second-order valence-corrected chi connectivity index (χ2v) is 5.61. The molecule has 1 heterocycles. The molecule has 0 aromatic carbocycles. The van der Waals surface area contributed by atoms with Crippen LogP contribution in [0.3, 0.4) is 0 Å². The maximum Gasteiger partial charge on any atom is 0.281 e. The lowest BCUT2D eigenvalue weighted by Crippen LogP contribution is -2.47. The van der Waals surface area contributed by atoms with Gasteiger partial charge >= 0.3 is 0 Å². The summed E-state index contributed by atoms with van der Waals surface area (Å²) in [5.41, 5.74) is 0. The first-order valence-electron chi connectivity index (χ1n) is 4.88. The van der Waals surface area contributed by atoms with Crippen LogP contribution in [0.25, 0.3) is 0 Å². The molecule has 14 heavy (non-hydrogen) atoms. The molecule has 5 nitrogen and oxygen atoms in total. The summed E-state index contributed by atoms with van der Waals surface area (Å²) < 4.78 is 26.3. The van der Waals surface area contributed by atoms with E-state index < -0.39 is 16.3 Å². The average Bonchev–Trinajstić information content (AvgIpc) is 2.16. The number of rotatable bonds is 3. The molecule has 1 rings (SSSR count). The number of aliphatic hydroxyl groups is 1. The number of hydrogen-bond donors (Lipinski definition) is 1. The van der Waals surface area contributed by atoms with Gasteiger partial charge in [-0.1, -0.05) is 6.92 Å². The summed E-state index contributed by atoms with van der Waals surface area (Å²) in [7, 11) is -1.79. The molecule has 1 aliphatic heterocycles. The zero-order valence-electron chi connectivity index (χ0n) is 8.68. The molecule has 0 amide bonds. The summed E-state index contributed by atoms with van der Waals surface area (Å²) in [4.78, 5) is 0. The molecule has 0 radical (unpaired) electrons. The highest BCUT2D eigenvalue weighted by Crippen LogP contribution is 2.15. The Hall–Kier alpha value is -0.170. The fourth-order valence-corrected chi connectivity index (χ4v) is 2.93. The van der Waals surface area contributed by atoms with Crippen molar-refractivity contribution in [1.82, 2.24) is 8.61 Å². The molecule has 1 unspecified atom stereocenters. The summed E-state index contributed by atoms with van der Waals surface area (Å²) in [5, 5.41) is 9.37. The monoisotopic (exact) mass is 222 g/mol. The van der Waals surface area contributed by atoms with E-state index in [1.807, 2.05) is 0 Å². The Morgan fingerprint density at radius 2 is 2.21 bits per heavy atom. The van der Waals surface area contributed by atoms with Gasteiger partial charge in [0.05, 0.1) is 6.10 Å². The van der Waals surface area contributed by atoms with Gasteiger partial charge < -0.3 is 5.11 Å². The van der Waals surface area contributed by atoms with E-state index in [4.69, 9.17) is 0 Å². The fourth-order valence-electron chi connectivity index (χ4n) is 1.49. The standard InChI is InChI=1S/C8H18N2O3S/c1-3-9(2)14(12,13)10-6-4-5-8(11)7-10/h8,11H,3-7H2,1-2H3. The summed E-state index contributed by atoms with van der Waals surface area (Å²) in [6.45, 7) is 2.99. The predicted octanol–water partition coefficient (Wildman–Crippen LogP) is -0.360. The first kappa shape index (κ1) is 11.9. The SMILES string of the molecule is CCN(C)S(=O)(=O)N1CCCC(O)C1. The molecule has 1 saturated heterocycles. The highest BCUT2D eigenvalue weighted by Gasteiger charge is 2.30. The minimum Gasteiger partial charge on any atom is -0.392 e. The third kappa shape index (κ3) is 2.44. The van der Waals surface area contributed by atoms with Crippen LogP contribution in [-0.4, -0.2) is 54.9 Å². The van der Waals surface area contributed by atoms with Crippen LogP contribution in [-0.2, 0) is 10.2 Å². The van der Waals surface area contributed by atoms with Crippen LogP contribution in [0.2, 0.25) is 0 Å². The highest BCUT2D eigenvalue weighted by molar-refractivity contribution is 7.86. The molecule has 1 fully saturated rings. The Labute approximate surface area is 85.5 Å². The molecular weight excluding hydrogens is 204 g/mol. The van der Waals surface area contributed by atoms with Crippen molar-refractivity contribution in [2.75, 3.05) is 26.7 Å². The van der Waals surface area contributed by atoms with Gasteiger partial charge in [0.15, 0.2) is 0 Å². The van der Waals surface area contributed by atoms with Gasteiger partial charge in [0.2, 0.25) is 0 Å². The molecule has 6 heteroatoms. The van der Waals surface area contributed by atoms with Crippen LogP contribution in [0, 0.1) is 0 Å². The van der Waals surface area contributed by atoms with E-state index in [0.717, 1.165) is 6.42 Å². The summed E-state index contributed by atoms with van der Waals surface area (Å²) in [6, 6.07) is 0. The molecular formula is C8H18N2O3S. The van der Waals surface area contributed by atoms with E-state index in [-0.39, 0.29) is 6.54 Å². The molecule has 1 atom stereocenters. The zero-order chi connectivity index (χ0) is 10.8. The summed E-state index contributed by atoms with van der Waals surface area (Å²) >= 11 is 0. The van der Waals surface area contributed by atoms with Crippen LogP contribution >= 0.6 is 0 Å². The number of nitrogens with zero attached hydrogens (tertiary/aromatic N) is 2. The predicted molar refractivity (Wildman–Crippen MR) is 54.0 cm³/mol. The van der Waals surface area contributed by atoms with E-state index in [9.17, 15) is 13.5 Å². The Kier molecular flexibility index (Phi) is 3.88. The molecule has 0 saturated carbocycles. The van der Waals surface area contributed by atoms with Crippen LogP contribution in [0.1, 0.15) is 19.8 Å². The lowest BCUT2D eigenvalue weighted by molar-refractivity contribution is 0.105. The molecule has 0 aromatic rings. The maximum absolute atomic E-state index is 11.8. The molecule has 1 aliphatic rings. The lowest BCUT2D eigenvalue weighted by atomic mass is 10.1. The molecule has 0 bridgehead atoms. The number of aliphatic hydroxyl groups excluding tert-OH is 1. The van der Waals surface area contributed by atoms with Crippen molar-refractivity contribution in [2.24, 2.45) is 0 Å². The third-order valence-corrected chi connectivity index (χ3v) is 4.55. The highest BCUT2D eigenvalue weighted by atomic mass is 32.2. The van der Waals surface area contributed by atoms with Crippen molar-refractivity contribution in [3.05, 3.63) is 0 Å². The van der Waals surface area contributed by atoms with Crippen LogP contribution in [0.4, 0.5) is 0 Å². The van der Waals surface area contributed by atoms with E-state index >= 15 is 0 Å². The van der Waals surface area contributed by atoms with Crippen molar-refractivity contribution < 1.29 is 13.5 Å². The molecule has 0 spiro atoms. The average molecular weight is 222 g/mol. The third-order valence-electron chi connectivity index (χ3n) is 2.52. The molecule has 0 aromatic heterocycles. The maximum atomic E-state index is 11.8. The van der Waals surface area contributed by atoms with Crippen LogP contribution < -0.4 is 0 Å².